The van der Waals surface area contributed by atoms with Gasteiger partial charge < -0.3 is 15.9 Å². The van der Waals surface area contributed by atoms with Gasteiger partial charge in [-0.15, -0.1) is 0 Å². The summed E-state index contributed by atoms with van der Waals surface area (Å²) in [6.45, 7) is 9.60. The summed E-state index contributed by atoms with van der Waals surface area (Å²) < 4.78 is 0. The summed E-state index contributed by atoms with van der Waals surface area (Å²) in [5, 5.41) is 23.6. The first kappa shape index (κ1) is 19.9. The number of allylic oxidation sites excluding steroid dienone is 1. The highest BCUT2D eigenvalue weighted by Gasteiger charge is 2.13. The van der Waals surface area contributed by atoms with Gasteiger partial charge in [0, 0.05) is 28.7 Å². The molecule has 0 unspecified atom stereocenters. The van der Waals surface area contributed by atoms with E-state index >= 15 is 0 Å². The number of hydrogen-bond acceptors (Lipinski definition) is 6. The molecular weight excluding hydrogens is 362 g/mol. The molecule has 6 heteroatoms. The van der Waals surface area contributed by atoms with Crippen LogP contribution in [0.15, 0.2) is 60.3 Å². The van der Waals surface area contributed by atoms with Crippen LogP contribution in [-0.2, 0) is 0 Å². The van der Waals surface area contributed by atoms with Crippen molar-refractivity contribution in [1.29, 1.82) is 5.41 Å². The first-order valence-corrected chi connectivity index (χ1v) is 9.14. The fraction of sp³-hybridized carbons (Fsp3) is 0.130. The molecular formula is C23H23N5O. The number of aromatic nitrogens is 2. The van der Waals surface area contributed by atoms with Crippen LogP contribution in [0, 0.1) is 12.3 Å². The summed E-state index contributed by atoms with van der Waals surface area (Å²) in [4.78, 5) is 9.11. The van der Waals surface area contributed by atoms with Crippen molar-refractivity contribution in [2.45, 2.75) is 20.8 Å². The van der Waals surface area contributed by atoms with Crippen molar-refractivity contribution in [3.05, 3.63) is 77.6 Å². The number of nitrogens with zero attached hydrogens (tertiary/aromatic N) is 3. The van der Waals surface area contributed by atoms with Crippen LogP contribution in [0.25, 0.3) is 16.8 Å². The van der Waals surface area contributed by atoms with E-state index in [0.717, 1.165) is 39.3 Å². The molecule has 6 nitrogen and oxygen atoms in total. The number of rotatable bonds is 6. The Balaban J connectivity index is 2.17. The van der Waals surface area contributed by atoms with Crippen molar-refractivity contribution < 1.29 is 5.21 Å². The monoisotopic (exact) mass is 385 g/mol. The normalized spacial score (nSPS) is 11.2. The summed E-state index contributed by atoms with van der Waals surface area (Å²) in [5.74, 6) is 0.697. The number of benzene rings is 1. The second kappa shape index (κ2) is 8.48. The molecule has 3 rings (SSSR count). The predicted molar refractivity (Wildman–Crippen MR) is 119 cm³/mol. The summed E-state index contributed by atoms with van der Waals surface area (Å²) in [6, 6.07) is 15.2. The van der Waals surface area contributed by atoms with Gasteiger partial charge in [0.15, 0.2) is 0 Å². The van der Waals surface area contributed by atoms with E-state index in [0.29, 0.717) is 17.2 Å². The third-order valence-corrected chi connectivity index (χ3v) is 4.50. The Morgan fingerprint density at radius 1 is 1.14 bits per heavy atom. The Bertz CT molecular complexity index is 1120. The Kier molecular flexibility index (Phi) is 5.83. The zero-order valence-corrected chi connectivity index (χ0v) is 16.7. The second-order valence-corrected chi connectivity index (χ2v) is 6.79. The molecule has 0 atom stereocenters. The second-order valence-electron chi connectivity index (χ2n) is 6.79. The molecule has 3 aromatic rings. The van der Waals surface area contributed by atoms with Crippen LogP contribution in [0.4, 0.5) is 11.5 Å². The number of nitrogens with one attached hydrogen (secondary N) is 2. The van der Waals surface area contributed by atoms with Gasteiger partial charge in [-0.3, -0.25) is 0 Å². The molecule has 0 radical (unpaired) electrons. The number of hydrogen-bond donors (Lipinski definition) is 3. The van der Waals surface area contributed by atoms with Gasteiger partial charge in [-0.05, 0) is 62.7 Å². The Hall–Kier alpha value is -3.80. The third kappa shape index (κ3) is 4.38. The Morgan fingerprint density at radius 3 is 2.55 bits per heavy atom. The first-order valence-electron chi connectivity index (χ1n) is 9.14. The van der Waals surface area contributed by atoms with Crippen molar-refractivity contribution in [3.8, 4) is 11.3 Å². The highest BCUT2D eigenvalue weighted by molar-refractivity contribution is 5.98. The molecule has 0 saturated heterocycles. The number of aryl methyl sites for hydroxylation is 1. The summed E-state index contributed by atoms with van der Waals surface area (Å²) in [6.07, 6.45) is 1.32. The van der Waals surface area contributed by atoms with E-state index in [1.807, 2.05) is 56.3 Å². The van der Waals surface area contributed by atoms with Crippen LogP contribution in [-0.4, -0.2) is 27.1 Å². The van der Waals surface area contributed by atoms with E-state index in [2.05, 4.69) is 27.0 Å². The molecule has 0 aliphatic carbocycles. The maximum Gasteiger partial charge on any atom is 0.130 e. The zero-order valence-electron chi connectivity index (χ0n) is 16.7. The third-order valence-electron chi connectivity index (χ3n) is 4.50. The number of oxime groups is 1. The smallest absolute Gasteiger partial charge is 0.130 e. The van der Waals surface area contributed by atoms with E-state index < -0.39 is 0 Å². The van der Waals surface area contributed by atoms with Crippen LogP contribution < -0.4 is 5.32 Å². The molecule has 0 aliphatic rings. The number of pyridine rings is 2. The van der Waals surface area contributed by atoms with Crippen LogP contribution in [0.3, 0.4) is 0 Å². The van der Waals surface area contributed by atoms with Crippen LogP contribution in [0.2, 0.25) is 0 Å². The van der Waals surface area contributed by atoms with Crippen molar-refractivity contribution in [1.82, 2.24) is 9.97 Å². The average molecular weight is 385 g/mol. The maximum absolute atomic E-state index is 9.06. The average Bonchev–Trinajstić information content (AvgIpc) is 2.72. The molecule has 146 valence electrons. The summed E-state index contributed by atoms with van der Waals surface area (Å²) >= 11 is 0. The van der Waals surface area contributed by atoms with Crippen molar-refractivity contribution in [2.24, 2.45) is 5.16 Å². The lowest BCUT2D eigenvalue weighted by atomic mass is 9.96. The van der Waals surface area contributed by atoms with Gasteiger partial charge in [0.25, 0.3) is 0 Å². The fourth-order valence-corrected chi connectivity index (χ4v) is 3.01. The molecule has 0 aliphatic heterocycles. The van der Waals surface area contributed by atoms with Crippen LogP contribution in [0.5, 0.6) is 0 Å². The van der Waals surface area contributed by atoms with Gasteiger partial charge in [0.2, 0.25) is 0 Å². The molecule has 0 saturated carbocycles. The zero-order chi connectivity index (χ0) is 21.0. The molecule has 2 aromatic heterocycles. The topological polar surface area (TPSA) is 94.2 Å². The van der Waals surface area contributed by atoms with E-state index in [1.54, 1.807) is 13.0 Å². The molecule has 0 bridgehead atoms. The molecule has 0 spiro atoms. The highest BCUT2D eigenvalue weighted by atomic mass is 16.4. The number of anilines is 2. The van der Waals surface area contributed by atoms with Crippen LogP contribution >= 0.6 is 0 Å². The summed E-state index contributed by atoms with van der Waals surface area (Å²) in [7, 11) is 0. The van der Waals surface area contributed by atoms with E-state index in [4.69, 9.17) is 10.6 Å². The lowest BCUT2D eigenvalue weighted by Gasteiger charge is -2.16. The quantitative estimate of drug-likeness (QED) is 0.300. The lowest BCUT2D eigenvalue weighted by molar-refractivity contribution is 0.319. The highest BCUT2D eigenvalue weighted by Crippen LogP contribution is 2.32. The van der Waals surface area contributed by atoms with Gasteiger partial charge in [0.05, 0.1) is 11.4 Å². The van der Waals surface area contributed by atoms with E-state index in [1.165, 1.54) is 6.21 Å². The van der Waals surface area contributed by atoms with Crippen LogP contribution in [0.1, 0.15) is 36.4 Å². The first-order chi connectivity index (χ1) is 13.9. The minimum atomic E-state index is 0.436. The molecule has 1 aromatic carbocycles. The van der Waals surface area contributed by atoms with E-state index in [9.17, 15) is 0 Å². The molecule has 0 amide bonds. The van der Waals surface area contributed by atoms with Crippen molar-refractivity contribution in [2.75, 3.05) is 5.32 Å². The van der Waals surface area contributed by atoms with Gasteiger partial charge >= 0.3 is 0 Å². The Labute approximate surface area is 170 Å². The van der Waals surface area contributed by atoms with Crippen molar-refractivity contribution >= 4 is 29.0 Å². The molecule has 0 fully saturated rings. The van der Waals surface area contributed by atoms with Gasteiger partial charge in [-0.25, -0.2) is 9.97 Å². The molecule has 29 heavy (non-hydrogen) atoms. The van der Waals surface area contributed by atoms with Crippen molar-refractivity contribution in [3.63, 3.8) is 0 Å². The standard InChI is InChI=1S/C23H23N5O/c1-14(2)18-11-17(21-9-6-8-20(26-21)16(4)28-29)12-22(19(18)13-24)27-23-10-5-7-15(3)25-23/h5-13,24,29H,1H2,2-4H3,(H,25,27)/b24-13?,28-16-. The van der Waals surface area contributed by atoms with Gasteiger partial charge in [-0.1, -0.05) is 29.4 Å². The van der Waals surface area contributed by atoms with Gasteiger partial charge in [-0.2, -0.15) is 0 Å². The van der Waals surface area contributed by atoms with E-state index in [-0.39, 0.29) is 0 Å². The Morgan fingerprint density at radius 2 is 1.90 bits per heavy atom. The minimum Gasteiger partial charge on any atom is -0.411 e. The summed E-state index contributed by atoms with van der Waals surface area (Å²) in [5.41, 5.74) is 6.68. The van der Waals surface area contributed by atoms with Gasteiger partial charge in [0.1, 0.15) is 11.5 Å². The lowest BCUT2D eigenvalue weighted by Crippen LogP contribution is -2.03. The maximum atomic E-state index is 9.06. The largest absolute Gasteiger partial charge is 0.411 e. The predicted octanol–water partition coefficient (Wildman–Crippen LogP) is 5.42. The minimum absolute atomic E-state index is 0.436. The SMILES string of the molecule is C=C(C)c1cc(-c2cccc(/C(C)=N\O)n2)cc(Nc2cccc(C)n2)c1C=N. The fourth-order valence-electron chi connectivity index (χ4n) is 3.01. The molecule has 3 N–H and O–H groups in total. The molecule has 2 heterocycles.